The number of nitrogens with zero attached hydrogens (tertiary/aromatic N) is 2. The van der Waals surface area contributed by atoms with E-state index in [1.807, 2.05) is 13.8 Å². The van der Waals surface area contributed by atoms with Crippen LogP contribution in [0, 0.1) is 13.8 Å². The second-order valence-corrected chi connectivity index (χ2v) is 4.82. The van der Waals surface area contributed by atoms with E-state index in [4.69, 9.17) is 0 Å². The van der Waals surface area contributed by atoms with Crippen LogP contribution in [0.15, 0.2) is 6.20 Å². The van der Waals surface area contributed by atoms with Gasteiger partial charge in [-0.25, -0.2) is 4.98 Å². The van der Waals surface area contributed by atoms with Crippen molar-refractivity contribution in [2.75, 3.05) is 11.9 Å². The number of anilines is 1. The fraction of sp³-hybridized carbons (Fsp3) is 0.615. The van der Waals surface area contributed by atoms with Gasteiger partial charge in [0.25, 0.3) is 0 Å². The van der Waals surface area contributed by atoms with Gasteiger partial charge in [-0.15, -0.1) is 0 Å². The SMILES string of the molecule is Cc1cnc(C)c(NCCCC(=O)NC2CC2)n1. The molecule has 18 heavy (non-hydrogen) atoms. The number of hydrogen-bond donors (Lipinski definition) is 2. The lowest BCUT2D eigenvalue weighted by Crippen LogP contribution is -2.25. The Kier molecular flexibility index (Phi) is 4.12. The Labute approximate surface area is 107 Å². The molecule has 1 amide bonds. The smallest absolute Gasteiger partial charge is 0.220 e. The molecule has 98 valence electrons. The molecule has 0 aliphatic heterocycles. The lowest BCUT2D eigenvalue weighted by molar-refractivity contribution is -0.121. The summed E-state index contributed by atoms with van der Waals surface area (Å²) in [5.41, 5.74) is 1.79. The molecular formula is C13H20N4O. The van der Waals surface area contributed by atoms with Gasteiger partial charge in [0.2, 0.25) is 5.91 Å². The topological polar surface area (TPSA) is 66.9 Å². The van der Waals surface area contributed by atoms with Gasteiger partial charge in [-0.1, -0.05) is 0 Å². The number of amides is 1. The minimum absolute atomic E-state index is 0.159. The summed E-state index contributed by atoms with van der Waals surface area (Å²) in [6.45, 7) is 4.59. The predicted molar refractivity (Wildman–Crippen MR) is 70.4 cm³/mol. The van der Waals surface area contributed by atoms with E-state index in [1.54, 1.807) is 6.20 Å². The Morgan fingerprint density at radius 2 is 2.22 bits per heavy atom. The molecule has 1 saturated carbocycles. The molecule has 0 unspecified atom stereocenters. The summed E-state index contributed by atoms with van der Waals surface area (Å²) >= 11 is 0. The molecular weight excluding hydrogens is 228 g/mol. The number of rotatable bonds is 6. The van der Waals surface area contributed by atoms with Crippen molar-refractivity contribution < 1.29 is 4.79 Å². The monoisotopic (exact) mass is 248 g/mol. The molecule has 1 aromatic heterocycles. The number of aryl methyl sites for hydroxylation is 2. The van der Waals surface area contributed by atoms with E-state index in [-0.39, 0.29) is 5.91 Å². The highest BCUT2D eigenvalue weighted by Crippen LogP contribution is 2.18. The maximum atomic E-state index is 11.5. The fourth-order valence-corrected chi connectivity index (χ4v) is 1.69. The molecule has 1 aliphatic carbocycles. The zero-order valence-electron chi connectivity index (χ0n) is 11.0. The normalized spacial score (nSPS) is 14.3. The second kappa shape index (κ2) is 5.80. The molecule has 0 atom stereocenters. The summed E-state index contributed by atoms with van der Waals surface area (Å²) in [5, 5.41) is 6.20. The third-order valence-corrected chi connectivity index (χ3v) is 2.89. The lowest BCUT2D eigenvalue weighted by atomic mass is 10.3. The Balaban J connectivity index is 1.67. The van der Waals surface area contributed by atoms with Crippen LogP contribution in [0.5, 0.6) is 0 Å². The van der Waals surface area contributed by atoms with Gasteiger partial charge in [0.1, 0.15) is 5.82 Å². The van der Waals surface area contributed by atoms with E-state index >= 15 is 0 Å². The molecule has 5 heteroatoms. The van der Waals surface area contributed by atoms with Gasteiger partial charge in [-0.3, -0.25) is 9.78 Å². The van der Waals surface area contributed by atoms with Gasteiger partial charge in [0.15, 0.2) is 0 Å². The summed E-state index contributed by atoms with van der Waals surface area (Å²) < 4.78 is 0. The lowest BCUT2D eigenvalue weighted by Gasteiger charge is -2.08. The highest BCUT2D eigenvalue weighted by Gasteiger charge is 2.22. The third kappa shape index (κ3) is 3.98. The van der Waals surface area contributed by atoms with Gasteiger partial charge in [-0.2, -0.15) is 0 Å². The molecule has 1 fully saturated rings. The van der Waals surface area contributed by atoms with Crippen LogP contribution in [0.1, 0.15) is 37.1 Å². The van der Waals surface area contributed by atoms with Crippen LogP contribution in [0.3, 0.4) is 0 Å². The number of aromatic nitrogens is 2. The molecule has 0 radical (unpaired) electrons. The minimum atomic E-state index is 0.159. The molecule has 0 spiro atoms. The van der Waals surface area contributed by atoms with Gasteiger partial charge in [-0.05, 0) is 33.1 Å². The van der Waals surface area contributed by atoms with E-state index < -0.39 is 0 Å². The Hall–Kier alpha value is -1.65. The van der Waals surface area contributed by atoms with E-state index in [9.17, 15) is 4.79 Å². The molecule has 0 bridgehead atoms. The fourth-order valence-electron chi connectivity index (χ4n) is 1.69. The zero-order chi connectivity index (χ0) is 13.0. The van der Waals surface area contributed by atoms with E-state index in [1.165, 1.54) is 0 Å². The van der Waals surface area contributed by atoms with Gasteiger partial charge < -0.3 is 10.6 Å². The second-order valence-electron chi connectivity index (χ2n) is 4.82. The minimum Gasteiger partial charge on any atom is -0.369 e. The van der Waals surface area contributed by atoms with Crippen molar-refractivity contribution >= 4 is 11.7 Å². The molecule has 1 heterocycles. The van der Waals surface area contributed by atoms with Crippen LogP contribution in [-0.2, 0) is 4.79 Å². The van der Waals surface area contributed by atoms with Crippen LogP contribution in [-0.4, -0.2) is 28.5 Å². The van der Waals surface area contributed by atoms with E-state index in [0.29, 0.717) is 12.5 Å². The summed E-state index contributed by atoms with van der Waals surface area (Å²) in [6, 6.07) is 0.454. The van der Waals surface area contributed by atoms with Gasteiger partial charge in [0.05, 0.1) is 11.4 Å². The summed E-state index contributed by atoms with van der Waals surface area (Å²) in [5.74, 6) is 0.976. The van der Waals surface area contributed by atoms with Crippen LogP contribution < -0.4 is 10.6 Å². The third-order valence-electron chi connectivity index (χ3n) is 2.89. The maximum Gasteiger partial charge on any atom is 0.220 e. The number of carbonyl (C=O) groups excluding carboxylic acids is 1. The zero-order valence-corrected chi connectivity index (χ0v) is 11.0. The molecule has 2 N–H and O–H groups in total. The number of nitrogens with one attached hydrogen (secondary N) is 2. The highest BCUT2D eigenvalue weighted by atomic mass is 16.1. The van der Waals surface area contributed by atoms with Gasteiger partial charge in [0, 0.05) is 25.2 Å². The van der Waals surface area contributed by atoms with Crippen molar-refractivity contribution in [1.82, 2.24) is 15.3 Å². The van der Waals surface area contributed by atoms with E-state index in [0.717, 1.165) is 43.0 Å². The first-order chi connectivity index (χ1) is 8.65. The molecule has 1 aliphatic rings. The van der Waals surface area contributed by atoms with Crippen molar-refractivity contribution in [2.45, 2.75) is 45.6 Å². The van der Waals surface area contributed by atoms with Crippen molar-refractivity contribution in [3.8, 4) is 0 Å². The Morgan fingerprint density at radius 1 is 1.44 bits per heavy atom. The average molecular weight is 248 g/mol. The van der Waals surface area contributed by atoms with Crippen LogP contribution >= 0.6 is 0 Å². The molecule has 0 aromatic carbocycles. The molecule has 2 rings (SSSR count). The molecule has 1 aromatic rings. The largest absolute Gasteiger partial charge is 0.369 e. The first-order valence-electron chi connectivity index (χ1n) is 6.48. The van der Waals surface area contributed by atoms with E-state index in [2.05, 4.69) is 20.6 Å². The van der Waals surface area contributed by atoms with Gasteiger partial charge >= 0.3 is 0 Å². The standard InChI is InChI=1S/C13H20N4O/c1-9-8-15-10(2)13(16-9)14-7-3-4-12(18)17-11-5-6-11/h8,11H,3-7H2,1-2H3,(H,14,16)(H,17,18). The number of hydrogen-bond acceptors (Lipinski definition) is 4. The molecule has 5 nitrogen and oxygen atoms in total. The highest BCUT2D eigenvalue weighted by molar-refractivity contribution is 5.76. The van der Waals surface area contributed by atoms with Crippen molar-refractivity contribution in [3.63, 3.8) is 0 Å². The van der Waals surface area contributed by atoms with Crippen LogP contribution in [0.4, 0.5) is 5.82 Å². The van der Waals surface area contributed by atoms with Crippen molar-refractivity contribution in [1.29, 1.82) is 0 Å². The van der Waals surface area contributed by atoms with Crippen LogP contribution in [0.25, 0.3) is 0 Å². The predicted octanol–water partition coefficient (Wildman–Crippen LogP) is 1.56. The first kappa shape index (κ1) is 12.8. The Morgan fingerprint density at radius 3 is 2.94 bits per heavy atom. The number of carbonyl (C=O) groups is 1. The maximum absolute atomic E-state index is 11.5. The quantitative estimate of drug-likeness (QED) is 0.750. The van der Waals surface area contributed by atoms with Crippen molar-refractivity contribution in [3.05, 3.63) is 17.6 Å². The summed E-state index contributed by atoms with van der Waals surface area (Å²) in [4.78, 5) is 20.1. The first-order valence-corrected chi connectivity index (χ1v) is 6.48. The van der Waals surface area contributed by atoms with Crippen LogP contribution in [0.2, 0.25) is 0 Å². The Bertz CT molecular complexity index is 429. The average Bonchev–Trinajstić information content (AvgIpc) is 3.13. The van der Waals surface area contributed by atoms with Crippen molar-refractivity contribution in [2.24, 2.45) is 0 Å². The molecule has 0 saturated heterocycles. The summed E-state index contributed by atoms with van der Waals surface area (Å²) in [6.07, 6.45) is 5.42. The summed E-state index contributed by atoms with van der Waals surface area (Å²) in [7, 11) is 0.